The smallest absolute Gasteiger partial charge is 0.244 e. The molecule has 2 aromatic carbocycles. The Hall–Kier alpha value is -2.09. The molecule has 2 rings (SSSR count). The van der Waals surface area contributed by atoms with Gasteiger partial charge in [-0.25, -0.2) is 0 Å². The van der Waals surface area contributed by atoms with Crippen LogP contribution in [0.15, 0.2) is 48.6 Å². The standard InChI is InChI=1S/C18H21NO/c1-4-6-18(20)19-13(3)16-10-9-15-8-7-14(5-2)11-17(15)12-16/h4,6-13H,5H2,1-3H3,(H,19,20)/b6-4+. The topological polar surface area (TPSA) is 29.1 Å². The molecule has 2 heteroatoms. The van der Waals surface area contributed by atoms with Gasteiger partial charge >= 0.3 is 0 Å². The molecule has 1 atom stereocenters. The van der Waals surface area contributed by atoms with Gasteiger partial charge in [-0.05, 0) is 54.3 Å². The monoisotopic (exact) mass is 267 g/mol. The highest BCUT2D eigenvalue weighted by molar-refractivity contribution is 5.88. The number of fused-ring (bicyclic) bond motifs is 1. The normalized spacial score (nSPS) is 12.8. The van der Waals surface area contributed by atoms with Crippen LogP contribution in [0.5, 0.6) is 0 Å². The first-order valence-corrected chi connectivity index (χ1v) is 7.09. The summed E-state index contributed by atoms with van der Waals surface area (Å²) < 4.78 is 0. The summed E-state index contributed by atoms with van der Waals surface area (Å²) in [6, 6.07) is 12.9. The molecule has 0 spiro atoms. The summed E-state index contributed by atoms with van der Waals surface area (Å²) in [6.45, 7) is 6.00. The Morgan fingerprint density at radius 3 is 2.65 bits per heavy atom. The van der Waals surface area contributed by atoms with Gasteiger partial charge in [-0.2, -0.15) is 0 Å². The fourth-order valence-electron chi connectivity index (χ4n) is 2.30. The van der Waals surface area contributed by atoms with Crippen molar-refractivity contribution in [2.24, 2.45) is 0 Å². The lowest BCUT2D eigenvalue weighted by Crippen LogP contribution is -2.24. The van der Waals surface area contributed by atoms with Crippen molar-refractivity contribution in [1.29, 1.82) is 0 Å². The van der Waals surface area contributed by atoms with E-state index in [0.717, 1.165) is 12.0 Å². The summed E-state index contributed by atoms with van der Waals surface area (Å²) in [4.78, 5) is 11.6. The van der Waals surface area contributed by atoms with Crippen LogP contribution in [0.2, 0.25) is 0 Å². The molecule has 104 valence electrons. The first-order chi connectivity index (χ1) is 9.63. The highest BCUT2D eigenvalue weighted by Crippen LogP contribution is 2.22. The van der Waals surface area contributed by atoms with Crippen LogP contribution >= 0.6 is 0 Å². The summed E-state index contributed by atoms with van der Waals surface area (Å²) in [5.41, 5.74) is 2.46. The number of aryl methyl sites for hydroxylation is 1. The molecule has 0 saturated heterocycles. The maximum absolute atomic E-state index is 11.6. The molecule has 0 bridgehead atoms. The maximum Gasteiger partial charge on any atom is 0.244 e. The van der Waals surface area contributed by atoms with Gasteiger partial charge in [0.2, 0.25) is 5.91 Å². The minimum atomic E-state index is -0.0533. The molecule has 0 aliphatic heterocycles. The van der Waals surface area contributed by atoms with Crippen LogP contribution < -0.4 is 5.32 Å². The van der Waals surface area contributed by atoms with Gasteiger partial charge in [0.1, 0.15) is 0 Å². The SMILES string of the molecule is C/C=C/C(=O)NC(C)c1ccc2ccc(CC)cc2c1. The molecule has 0 saturated carbocycles. The first kappa shape index (κ1) is 14.3. The average molecular weight is 267 g/mol. The van der Waals surface area contributed by atoms with E-state index in [9.17, 15) is 4.79 Å². The van der Waals surface area contributed by atoms with Gasteiger partial charge in [0.25, 0.3) is 0 Å². The van der Waals surface area contributed by atoms with Crippen molar-refractivity contribution in [2.75, 3.05) is 0 Å². The minimum Gasteiger partial charge on any atom is -0.346 e. The van der Waals surface area contributed by atoms with Gasteiger partial charge < -0.3 is 5.32 Å². The van der Waals surface area contributed by atoms with Crippen LogP contribution in [0.4, 0.5) is 0 Å². The summed E-state index contributed by atoms with van der Waals surface area (Å²) in [7, 11) is 0. The second kappa shape index (κ2) is 6.38. The van der Waals surface area contributed by atoms with Crippen LogP contribution in [-0.2, 0) is 11.2 Å². The van der Waals surface area contributed by atoms with Crippen molar-refractivity contribution in [3.63, 3.8) is 0 Å². The number of hydrogen-bond acceptors (Lipinski definition) is 1. The zero-order chi connectivity index (χ0) is 14.5. The predicted octanol–water partition coefficient (Wildman–Crippen LogP) is 4.16. The zero-order valence-corrected chi connectivity index (χ0v) is 12.3. The van der Waals surface area contributed by atoms with Crippen molar-refractivity contribution in [1.82, 2.24) is 5.32 Å². The molecule has 0 aliphatic rings. The van der Waals surface area contributed by atoms with Crippen LogP contribution in [0.1, 0.15) is 37.9 Å². The van der Waals surface area contributed by atoms with Crippen LogP contribution in [0, 0.1) is 0 Å². The number of amides is 1. The lowest BCUT2D eigenvalue weighted by molar-refractivity contribution is -0.117. The van der Waals surface area contributed by atoms with Crippen molar-refractivity contribution in [3.05, 3.63) is 59.7 Å². The highest BCUT2D eigenvalue weighted by Gasteiger charge is 2.08. The molecule has 2 aromatic rings. The Morgan fingerprint density at radius 2 is 1.95 bits per heavy atom. The largest absolute Gasteiger partial charge is 0.346 e. The molecule has 2 nitrogen and oxygen atoms in total. The Labute approximate surface area is 120 Å². The molecule has 0 aromatic heterocycles. The number of benzene rings is 2. The third kappa shape index (κ3) is 3.27. The molecule has 1 unspecified atom stereocenters. The first-order valence-electron chi connectivity index (χ1n) is 7.09. The van der Waals surface area contributed by atoms with Crippen LogP contribution in [0.25, 0.3) is 10.8 Å². The lowest BCUT2D eigenvalue weighted by Gasteiger charge is -2.14. The maximum atomic E-state index is 11.6. The van der Waals surface area contributed by atoms with Crippen LogP contribution in [0.3, 0.4) is 0 Å². The van der Waals surface area contributed by atoms with E-state index in [2.05, 4.69) is 48.6 Å². The molecule has 1 amide bonds. The van der Waals surface area contributed by atoms with Crippen molar-refractivity contribution in [2.45, 2.75) is 33.2 Å². The Kier molecular flexibility index (Phi) is 4.57. The van der Waals surface area contributed by atoms with Gasteiger partial charge in [0.15, 0.2) is 0 Å². The van der Waals surface area contributed by atoms with Gasteiger partial charge in [0.05, 0.1) is 6.04 Å². The van der Waals surface area contributed by atoms with Gasteiger partial charge in [0, 0.05) is 0 Å². The lowest BCUT2D eigenvalue weighted by atomic mass is 10.0. The fourth-order valence-corrected chi connectivity index (χ4v) is 2.30. The van der Waals surface area contributed by atoms with Crippen molar-refractivity contribution in [3.8, 4) is 0 Å². The number of hydrogen-bond donors (Lipinski definition) is 1. The highest BCUT2D eigenvalue weighted by atomic mass is 16.1. The van der Waals surface area contributed by atoms with Gasteiger partial charge in [-0.15, -0.1) is 0 Å². The van der Waals surface area contributed by atoms with E-state index in [1.54, 1.807) is 12.2 Å². The number of nitrogens with one attached hydrogen (secondary N) is 1. The predicted molar refractivity (Wildman–Crippen MR) is 84.7 cm³/mol. The molecule has 0 radical (unpaired) electrons. The third-order valence-corrected chi connectivity index (χ3v) is 3.51. The molecule has 1 N–H and O–H groups in total. The van der Waals surface area contributed by atoms with E-state index in [1.165, 1.54) is 16.3 Å². The fraction of sp³-hybridized carbons (Fsp3) is 0.278. The summed E-state index contributed by atoms with van der Waals surface area (Å²) in [6.07, 6.45) is 4.33. The van der Waals surface area contributed by atoms with E-state index < -0.39 is 0 Å². The number of rotatable bonds is 4. The second-order valence-corrected chi connectivity index (χ2v) is 5.02. The Bertz CT molecular complexity index is 643. The van der Waals surface area contributed by atoms with E-state index in [1.807, 2.05) is 13.8 Å². The van der Waals surface area contributed by atoms with E-state index in [4.69, 9.17) is 0 Å². The Balaban J connectivity index is 2.28. The van der Waals surface area contributed by atoms with Crippen LogP contribution in [-0.4, -0.2) is 5.91 Å². The van der Waals surface area contributed by atoms with E-state index in [-0.39, 0.29) is 11.9 Å². The summed E-state index contributed by atoms with van der Waals surface area (Å²) in [5.74, 6) is -0.0533. The molecule has 0 fully saturated rings. The number of carbonyl (C=O) groups excluding carboxylic acids is 1. The second-order valence-electron chi connectivity index (χ2n) is 5.02. The molecular weight excluding hydrogens is 246 g/mol. The van der Waals surface area contributed by atoms with Crippen molar-refractivity contribution < 1.29 is 4.79 Å². The quantitative estimate of drug-likeness (QED) is 0.828. The van der Waals surface area contributed by atoms with Gasteiger partial charge in [-0.1, -0.05) is 43.3 Å². The van der Waals surface area contributed by atoms with E-state index >= 15 is 0 Å². The number of carbonyl (C=O) groups is 1. The molecule has 0 heterocycles. The summed E-state index contributed by atoms with van der Waals surface area (Å²) in [5, 5.41) is 5.43. The molecule has 0 aliphatic carbocycles. The molecule has 20 heavy (non-hydrogen) atoms. The number of allylic oxidation sites excluding steroid dienone is 1. The third-order valence-electron chi connectivity index (χ3n) is 3.51. The van der Waals surface area contributed by atoms with Gasteiger partial charge in [-0.3, -0.25) is 4.79 Å². The zero-order valence-electron chi connectivity index (χ0n) is 12.3. The van der Waals surface area contributed by atoms with Crippen molar-refractivity contribution >= 4 is 16.7 Å². The molecular formula is C18H21NO. The Morgan fingerprint density at radius 1 is 1.20 bits per heavy atom. The average Bonchev–Trinajstić information content (AvgIpc) is 2.46. The summed E-state index contributed by atoms with van der Waals surface area (Å²) >= 11 is 0. The van der Waals surface area contributed by atoms with E-state index in [0.29, 0.717) is 0 Å². The minimum absolute atomic E-state index is 0.00776.